The van der Waals surface area contributed by atoms with Crippen LogP contribution < -0.4 is 4.73 Å². The Morgan fingerprint density at radius 3 is 2.80 bits per heavy atom. The van der Waals surface area contributed by atoms with Gasteiger partial charge in [-0.25, -0.2) is 0 Å². The molecule has 2 rings (SSSR count). The van der Waals surface area contributed by atoms with Crippen LogP contribution >= 0.6 is 11.6 Å². The second-order valence-corrected chi connectivity index (χ2v) is 3.66. The topological polar surface area (TPSA) is 26.9 Å². The van der Waals surface area contributed by atoms with Gasteiger partial charge in [0.1, 0.15) is 0 Å². The van der Waals surface area contributed by atoms with Crippen LogP contribution in [0, 0.1) is 18.2 Å². The molecule has 0 aliphatic rings. The molecular formula is C12H9ClNO. The quantitative estimate of drug-likeness (QED) is 0.534. The Bertz CT molecular complexity index is 497. The van der Waals surface area contributed by atoms with Gasteiger partial charge in [-0.05, 0) is 6.07 Å². The summed E-state index contributed by atoms with van der Waals surface area (Å²) in [5.74, 6) is 0. The van der Waals surface area contributed by atoms with Gasteiger partial charge in [0.2, 0.25) is 0 Å². The first-order valence-corrected chi connectivity index (χ1v) is 4.92. The maximum Gasteiger partial charge on any atom is 0.189 e. The van der Waals surface area contributed by atoms with Gasteiger partial charge in [-0.3, -0.25) is 0 Å². The van der Waals surface area contributed by atoms with Crippen molar-refractivity contribution < 1.29 is 4.73 Å². The molecule has 0 amide bonds. The lowest BCUT2D eigenvalue weighted by atomic mass is 10.1. The summed E-state index contributed by atoms with van der Waals surface area (Å²) in [4.78, 5) is 0. The molecule has 2 nitrogen and oxygen atoms in total. The molecule has 1 aromatic heterocycles. The van der Waals surface area contributed by atoms with E-state index in [1.807, 2.05) is 18.2 Å². The van der Waals surface area contributed by atoms with Crippen LogP contribution in [0.15, 0.2) is 36.5 Å². The Labute approximate surface area is 93.3 Å². The summed E-state index contributed by atoms with van der Waals surface area (Å²) in [6, 6.07) is 12.0. The molecule has 3 heteroatoms. The fraction of sp³-hybridized carbons (Fsp3) is 0.0833. The molecule has 0 N–H and O–H groups in total. The molecule has 75 valence electrons. The van der Waals surface area contributed by atoms with E-state index in [9.17, 15) is 5.21 Å². The Kier molecular flexibility index (Phi) is 2.60. The minimum absolute atomic E-state index is 0.529. The van der Waals surface area contributed by atoms with Crippen molar-refractivity contribution in [1.82, 2.24) is 0 Å². The van der Waals surface area contributed by atoms with Crippen molar-refractivity contribution >= 4 is 11.6 Å². The molecule has 0 unspecified atom stereocenters. The third kappa shape index (κ3) is 1.95. The van der Waals surface area contributed by atoms with Gasteiger partial charge in [0.05, 0.1) is 5.02 Å². The molecule has 0 fully saturated rings. The monoisotopic (exact) mass is 218 g/mol. The van der Waals surface area contributed by atoms with Gasteiger partial charge in [-0.1, -0.05) is 29.8 Å². The SMILES string of the molecule is Cc1ccc(-c2ccc[c]c2Cl)c[n+]1[O-]. The summed E-state index contributed by atoms with van der Waals surface area (Å²) < 4.78 is 0.832. The summed E-state index contributed by atoms with van der Waals surface area (Å²) in [5, 5.41) is 11.9. The molecular weight excluding hydrogens is 210 g/mol. The number of benzene rings is 1. The van der Waals surface area contributed by atoms with Crippen LogP contribution in [0.4, 0.5) is 0 Å². The molecule has 0 saturated heterocycles. The summed E-state index contributed by atoms with van der Waals surface area (Å²) in [6.45, 7) is 1.76. The van der Waals surface area contributed by atoms with E-state index in [1.54, 1.807) is 19.1 Å². The Morgan fingerprint density at radius 1 is 1.33 bits per heavy atom. The highest BCUT2D eigenvalue weighted by atomic mass is 35.5. The van der Waals surface area contributed by atoms with Crippen molar-refractivity contribution in [2.24, 2.45) is 0 Å². The highest BCUT2D eigenvalue weighted by Gasteiger charge is 2.07. The smallest absolute Gasteiger partial charge is 0.189 e. The van der Waals surface area contributed by atoms with Crippen molar-refractivity contribution in [3.63, 3.8) is 0 Å². The van der Waals surface area contributed by atoms with Crippen molar-refractivity contribution in [1.29, 1.82) is 0 Å². The highest BCUT2D eigenvalue weighted by molar-refractivity contribution is 6.33. The Morgan fingerprint density at radius 2 is 2.13 bits per heavy atom. The van der Waals surface area contributed by atoms with Crippen LogP contribution in [0.5, 0.6) is 0 Å². The highest BCUT2D eigenvalue weighted by Crippen LogP contribution is 2.25. The summed E-state index contributed by atoms with van der Waals surface area (Å²) >= 11 is 5.98. The second-order valence-electron chi connectivity index (χ2n) is 3.28. The van der Waals surface area contributed by atoms with Crippen LogP contribution in [0.1, 0.15) is 5.69 Å². The maximum atomic E-state index is 11.4. The zero-order valence-corrected chi connectivity index (χ0v) is 8.95. The molecule has 0 saturated carbocycles. The maximum absolute atomic E-state index is 11.4. The zero-order valence-electron chi connectivity index (χ0n) is 8.20. The summed E-state index contributed by atoms with van der Waals surface area (Å²) in [6.07, 6.45) is 1.52. The molecule has 0 spiro atoms. The normalized spacial score (nSPS) is 10.3. The van der Waals surface area contributed by atoms with Gasteiger partial charge in [-0.15, -0.1) is 0 Å². The molecule has 15 heavy (non-hydrogen) atoms. The molecule has 0 aliphatic carbocycles. The van der Waals surface area contributed by atoms with Gasteiger partial charge in [-0.2, -0.15) is 4.73 Å². The van der Waals surface area contributed by atoms with E-state index in [0.717, 1.165) is 15.9 Å². The van der Waals surface area contributed by atoms with Crippen LogP contribution in [0.25, 0.3) is 11.1 Å². The molecule has 2 aromatic rings. The number of nitrogens with zero attached hydrogens (tertiary/aromatic N) is 1. The van der Waals surface area contributed by atoms with Gasteiger partial charge in [0.25, 0.3) is 0 Å². The zero-order chi connectivity index (χ0) is 10.8. The number of pyridine rings is 1. The molecule has 0 atom stereocenters. The average Bonchev–Trinajstić information content (AvgIpc) is 2.23. The van der Waals surface area contributed by atoms with Crippen LogP contribution in [-0.2, 0) is 0 Å². The predicted octanol–water partition coefficient (Wildman–Crippen LogP) is 2.75. The lowest BCUT2D eigenvalue weighted by molar-refractivity contribution is -0.611. The fourth-order valence-corrected chi connectivity index (χ4v) is 1.59. The van der Waals surface area contributed by atoms with Crippen molar-refractivity contribution in [2.75, 3.05) is 0 Å². The third-order valence-corrected chi connectivity index (χ3v) is 2.54. The number of halogens is 1. The number of hydrogen-bond donors (Lipinski definition) is 0. The number of rotatable bonds is 1. The first-order chi connectivity index (χ1) is 7.18. The lowest BCUT2D eigenvalue weighted by Crippen LogP contribution is -2.29. The standard InChI is InChI=1S/C12H9ClNO/c1-9-6-7-10(8-14(9)15)11-4-2-3-5-12(11)13/h2-4,6-8H,1H3. The van der Waals surface area contributed by atoms with E-state index in [1.165, 1.54) is 6.20 Å². The van der Waals surface area contributed by atoms with Gasteiger partial charge in [0, 0.05) is 30.2 Å². The largest absolute Gasteiger partial charge is 0.618 e. The second kappa shape index (κ2) is 3.91. The third-order valence-electron chi connectivity index (χ3n) is 2.22. The number of hydrogen-bond acceptors (Lipinski definition) is 1. The minimum atomic E-state index is 0.529. The van der Waals surface area contributed by atoms with Crippen LogP contribution in [0.2, 0.25) is 5.02 Å². The van der Waals surface area contributed by atoms with E-state index in [-0.39, 0.29) is 0 Å². The summed E-state index contributed by atoms with van der Waals surface area (Å²) in [5.41, 5.74) is 2.29. The van der Waals surface area contributed by atoms with E-state index in [4.69, 9.17) is 11.6 Å². The average molecular weight is 219 g/mol. The van der Waals surface area contributed by atoms with E-state index >= 15 is 0 Å². The van der Waals surface area contributed by atoms with Gasteiger partial charge in [0.15, 0.2) is 11.9 Å². The van der Waals surface area contributed by atoms with Crippen LogP contribution in [0.3, 0.4) is 0 Å². The molecule has 1 radical (unpaired) electrons. The van der Waals surface area contributed by atoms with Crippen molar-refractivity contribution in [2.45, 2.75) is 6.92 Å². The van der Waals surface area contributed by atoms with Crippen molar-refractivity contribution in [3.05, 3.63) is 58.5 Å². The van der Waals surface area contributed by atoms with E-state index in [0.29, 0.717) is 10.7 Å². The lowest BCUT2D eigenvalue weighted by Gasteiger charge is -2.05. The molecule has 0 bridgehead atoms. The van der Waals surface area contributed by atoms with Crippen molar-refractivity contribution in [3.8, 4) is 11.1 Å². The van der Waals surface area contributed by atoms with E-state index < -0.39 is 0 Å². The van der Waals surface area contributed by atoms with Gasteiger partial charge < -0.3 is 5.21 Å². The number of aromatic nitrogens is 1. The Balaban J connectivity index is 2.55. The first kappa shape index (κ1) is 9.99. The minimum Gasteiger partial charge on any atom is -0.618 e. The number of aryl methyl sites for hydroxylation is 1. The molecule has 0 aliphatic heterocycles. The Hall–Kier alpha value is -1.54. The van der Waals surface area contributed by atoms with Gasteiger partial charge >= 0.3 is 0 Å². The summed E-state index contributed by atoms with van der Waals surface area (Å²) in [7, 11) is 0. The molecule has 1 heterocycles. The van der Waals surface area contributed by atoms with E-state index in [2.05, 4.69) is 6.07 Å². The predicted molar refractivity (Wildman–Crippen MR) is 59.4 cm³/mol. The van der Waals surface area contributed by atoms with Crippen LogP contribution in [-0.4, -0.2) is 0 Å². The fourth-order valence-electron chi connectivity index (χ4n) is 1.35. The molecule has 1 aromatic carbocycles. The first-order valence-electron chi connectivity index (χ1n) is 4.55.